The van der Waals surface area contributed by atoms with E-state index in [1.165, 1.54) is 22.3 Å². The van der Waals surface area contributed by atoms with Crippen molar-refractivity contribution in [3.05, 3.63) is 119 Å². The minimum absolute atomic E-state index is 0.284. The van der Waals surface area contributed by atoms with Crippen LogP contribution in [-0.4, -0.2) is 55.1 Å². The Kier molecular flexibility index (Phi) is 16.2. The molecule has 0 fully saturated rings. The molecule has 7 nitrogen and oxygen atoms in total. The van der Waals surface area contributed by atoms with Gasteiger partial charge in [-0.05, 0) is 119 Å². The lowest BCUT2D eigenvalue weighted by molar-refractivity contribution is 0.0450. The summed E-state index contributed by atoms with van der Waals surface area (Å²) >= 11 is 0. The molecule has 7 heteroatoms. The first-order valence-electron chi connectivity index (χ1n) is 15.6. The maximum absolute atomic E-state index is 9.41. The van der Waals surface area contributed by atoms with Crippen LogP contribution >= 0.6 is 0 Å². The molecule has 0 aromatic heterocycles. The van der Waals surface area contributed by atoms with Gasteiger partial charge in [-0.2, -0.15) is 0 Å². The molecule has 0 unspecified atom stereocenters. The zero-order valence-electron chi connectivity index (χ0n) is 27.2. The van der Waals surface area contributed by atoms with E-state index in [0.29, 0.717) is 0 Å². The summed E-state index contributed by atoms with van der Waals surface area (Å²) in [4.78, 5) is 0. The van der Waals surface area contributed by atoms with E-state index in [1.807, 2.05) is 48.5 Å². The van der Waals surface area contributed by atoms with Crippen LogP contribution in [-0.2, 0) is 0 Å². The van der Waals surface area contributed by atoms with Crippen molar-refractivity contribution in [2.24, 2.45) is 0 Å². The third-order valence-corrected chi connectivity index (χ3v) is 7.43. The van der Waals surface area contributed by atoms with Crippen LogP contribution in [0.4, 0.5) is 0 Å². The van der Waals surface area contributed by atoms with Crippen molar-refractivity contribution in [3.8, 4) is 23.0 Å². The Labute approximate surface area is 272 Å². The van der Waals surface area contributed by atoms with Crippen molar-refractivity contribution >= 4 is 22.3 Å². The number of phenols is 4. The summed E-state index contributed by atoms with van der Waals surface area (Å²) in [5, 5.41) is 61.7. The van der Waals surface area contributed by atoms with Gasteiger partial charge in [0.05, 0.1) is 13.2 Å². The first-order valence-corrected chi connectivity index (χ1v) is 15.6. The van der Waals surface area contributed by atoms with Crippen molar-refractivity contribution in [2.75, 3.05) is 13.2 Å². The smallest absolute Gasteiger partial charge is 0.115 e. The highest BCUT2D eigenvalue weighted by atomic mass is 16.3. The average Bonchev–Trinajstić information content (AvgIpc) is 3.08. The summed E-state index contributed by atoms with van der Waals surface area (Å²) in [6, 6.07) is 29.3. The maximum atomic E-state index is 9.41. The molecule has 0 atom stereocenters. The number of hydrogen-bond acceptors (Lipinski definition) is 7. The van der Waals surface area contributed by atoms with E-state index in [-0.39, 0.29) is 36.2 Å². The van der Waals surface area contributed by atoms with E-state index in [0.717, 1.165) is 47.9 Å². The predicted octanol–water partition coefficient (Wildman–Crippen LogP) is 7.99. The second kappa shape index (κ2) is 19.7. The number of hydrogen-bond donors (Lipinski definition) is 7. The Hall–Kier alpha value is -4.56. The number of allylic oxidation sites excluding steroid dienone is 4. The Morgan fingerprint density at radius 1 is 0.391 bits per heavy atom. The molecule has 0 saturated heterocycles. The van der Waals surface area contributed by atoms with Gasteiger partial charge < -0.3 is 35.7 Å². The molecular formula is C39H48O7. The van der Waals surface area contributed by atoms with Crippen LogP contribution in [0.5, 0.6) is 23.0 Å². The normalized spacial score (nSPS) is 11.8. The largest absolute Gasteiger partial charge is 0.508 e. The van der Waals surface area contributed by atoms with Crippen LogP contribution in [0, 0.1) is 0 Å². The standard InChI is InChI=1S/2C18H20O2.C3H8O3/c2*1-3-17(13-5-9-15(19)10-6-13)18(4-2)14-7-11-16(20)12-8-14;4-1-3(6)2-5/h2*5-12,19-20H,3-4H2,1-2H3;3-6H,1-2H2. The molecular weight excluding hydrogens is 580 g/mol. The second-order valence-electron chi connectivity index (χ2n) is 10.5. The molecule has 0 aliphatic rings. The third-order valence-electron chi connectivity index (χ3n) is 7.43. The molecule has 0 spiro atoms. The lowest BCUT2D eigenvalue weighted by atomic mass is 9.91. The van der Waals surface area contributed by atoms with Crippen molar-refractivity contribution in [2.45, 2.75) is 59.5 Å². The fourth-order valence-corrected chi connectivity index (χ4v) is 5.08. The second-order valence-corrected chi connectivity index (χ2v) is 10.5. The van der Waals surface area contributed by atoms with Crippen molar-refractivity contribution in [1.82, 2.24) is 0 Å². The zero-order chi connectivity index (χ0) is 34.1. The van der Waals surface area contributed by atoms with E-state index in [4.69, 9.17) is 15.3 Å². The lowest BCUT2D eigenvalue weighted by Gasteiger charge is -2.14. The van der Waals surface area contributed by atoms with Gasteiger partial charge in [0, 0.05) is 0 Å². The fraction of sp³-hybridized carbons (Fsp3) is 0.282. The van der Waals surface area contributed by atoms with Gasteiger partial charge in [-0.15, -0.1) is 0 Å². The Balaban J connectivity index is 0.000000273. The summed E-state index contributed by atoms with van der Waals surface area (Å²) in [7, 11) is 0. The minimum Gasteiger partial charge on any atom is -0.508 e. The topological polar surface area (TPSA) is 142 Å². The molecule has 0 heterocycles. The van der Waals surface area contributed by atoms with E-state index in [1.54, 1.807) is 48.5 Å². The predicted molar refractivity (Wildman–Crippen MR) is 187 cm³/mol. The van der Waals surface area contributed by atoms with Crippen molar-refractivity contribution in [1.29, 1.82) is 0 Å². The van der Waals surface area contributed by atoms with Gasteiger partial charge in [-0.25, -0.2) is 0 Å². The van der Waals surface area contributed by atoms with Gasteiger partial charge in [0.2, 0.25) is 0 Å². The van der Waals surface area contributed by atoms with E-state index < -0.39 is 6.10 Å². The number of rotatable bonds is 10. The Morgan fingerprint density at radius 2 is 0.565 bits per heavy atom. The van der Waals surface area contributed by atoms with E-state index in [2.05, 4.69) is 27.7 Å². The lowest BCUT2D eigenvalue weighted by Crippen LogP contribution is -2.15. The zero-order valence-corrected chi connectivity index (χ0v) is 27.2. The first-order chi connectivity index (χ1) is 22.1. The molecule has 4 rings (SSSR count). The Morgan fingerprint density at radius 3 is 0.674 bits per heavy atom. The first kappa shape index (κ1) is 37.6. The third kappa shape index (κ3) is 11.4. The van der Waals surface area contributed by atoms with E-state index in [9.17, 15) is 20.4 Å². The molecule has 246 valence electrons. The van der Waals surface area contributed by atoms with Gasteiger partial charge in [0.1, 0.15) is 29.1 Å². The summed E-state index contributed by atoms with van der Waals surface area (Å²) in [6.45, 7) is 7.82. The molecule has 46 heavy (non-hydrogen) atoms. The maximum Gasteiger partial charge on any atom is 0.115 e. The summed E-state index contributed by atoms with van der Waals surface area (Å²) in [5.74, 6) is 1.14. The molecule has 0 radical (unpaired) electrons. The SMILES string of the molecule is CCC(=C(CC)c1ccc(O)cc1)c1ccc(O)cc1.CCC(=C(CC)c1ccc(O)cc1)c1ccc(O)cc1.OCC(O)CO. The van der Waals surface area contributed by atoms with Gasteiger partial charge in [-0.3, -0.25) is 0 Å². The fourth-order valence-electron chi connectivity index (χ4n) is 5.08. The molecule has 0 aliphatic heterocycles. The Bertz CT molecular complexity index is 1280. The minimum atomic E-state index is -0.954. The van der Waals surface area contributed by atoms with Gasteiger partial charge in [0.25, 0.3) is 0 Å². The molecule has 4 aromatic carbocycles. The number of benzene rings is 4. The van der Waals surface area contributed by atoms with Gasteiger partial charge in [0.15, 0.2) is 0 Å². The number of aromatic hydroxyl groups is 4. The molecule has 4 aromatic rings. The quantitative estimate of drug-likeness (QED) is 0.0883. The van der Waals surface area contributed by atoms with Crippen LogP contribution < -0.4 is 0 Å². The molecule has 0 bridgehead atoms. The highest BCUT2D eigenvalue weighted by Crippen LogP contribution is 2.34. The molecule has 7 N–H and O–H groups in total. The average molecular weight is 629 g/mol. The van der Waals surface area contributed by atoms with Gasteiger partial charge in [-0.1, -0.05) is 76.2 Å². The van der Waals surface area contributed by atoms with Crippen LogP contribution in [0.15, 0.2) is 97.1 Å². The highest BCUT2D eigenvalue weighted by Gasteiger charge is 2.10. The van der Waals surface area contributed by atoms with Crippen LogP contribution in [0.1, 0.15) is 75.6 Å². The molecule has 0 aliphatic carbocycles. The van der Waals surface area contributed by atoms with Crippen LogP contribution in [0.2, 0.25) is 0 Å². The number of aliphatic hydroxyl groups is 3. The van der Waals surface area contributed by atoms with Crippen molar-refractivity contribution < 1.29 is 35.7 Å². The molecule has 0 amide bonds. The van der Waals surface area contributed by atoms with Crippen LogP contribution in [0.3, 0.4) is 0 Å². The monoisotopic (exact) mass is 628 g/mol. The van der Waals surface area contributed by atoms with Gasteiger partial charge >= 0.3 is 0 Å². The van der Waals surface area contributed by atoms with E-state index >= 15 is 0 Å². The number of aliphatic hydroxyl groups excluding tert-OH is 3. The summed E-state index contributed by atoms with van der Waals surface area (Å²) in [5.41, 5.74) is 9.64. The van der Waals surface area contributed by atoms with Crippen molar-refractivity contribution in [3.63, 3.8) is 0 Å². The summed E-state index contributed by atoms with van der Waals surface area (Å²) < 4.78 is 0. The summed E-state index contributed by atoms with van der Waals surface area (Å²) in [6.07, 6.45) is 2.75. The molecule has 0 saturated carbocycles. The highest BCUT2D eigenvalue weighted by molar-refractivity contribution is 5.91. The number of phenolic OH excluding ortho intramolecular Hbond substituents is 4. The van der Waals surface area contributed by atoms with Crippen LogP contribution in [0.25, 0.3) is 22.3 Å².